The first-order valence-electron chi connectivity index (χ1n) is 8.51. The van der Waals surface area contributed by atoms with Crippen LogP contribution in [0.5, 0.6) is 23.0 Å². The number of phenolic OH excluding ortho intramolecular Hbond substituents is 2. The molecule has 5 rings (SSSR count). The van der Waals surface area contributed by atoms with Gasteiger partial charge < -0.3 is 19.7 Å². The van der Waals surface area contributed by atoms with E-state index >= 15 is 0 Å². The third-order valence-corrected chi connectivity index (χ3v) is 5.81. The molecule has 0 bridgehead atoms. The van der Waals surface area contributed by atoms with Crippen molar-refractivity contribution in [2.24, 2.45) is 0 Å². The molecule has 0 aliphatic carbocycles. The van der Waals surface area contributed by atoms with E-state index in [1.165, 1.54) is 0 Å². The number of hydrogen-bond donors (Lipinski definition) is 2. The van der Waals surface area contributed by atoms with Crippen LogP contribution in [0.4, 0.5) is 8.78 Å². The summed E-state index contributed by atoms with van der Waals surface area (Å²) in [6.07, 6.45) is 0. The van der Waals surface area contributed by atoms with Crippen molar-refractivity contribution in [2.75, 3.05) is 0 Å². The van der Waals surface area contributed by atoms with Crippen molar-refractivity contribution in [2.45, 2.75) is 10.9 Å². The summed E-state index contributed by atoms with van der Waals surface area (Å²) >= 11 is 3.33. The van der Waals surface area contributed by atoms with E-state index in [4.69, 9.17) is 9.47 Å². The summed E-state index contributed by atoms with van der Waals surface area (Å²) in [7, 11) is 0. The molecule has 0 unspecified atom stereocenters. The minimum Gasteiger partial charge on any atom is -0.505 e. The molecule has 0 saturated heterocycles. The molecule has 0 fully saturated rings. The second-order valence-corrected chi connectivity index (χ2v) is 7.35. The number of alkyl halides is 1. The van der Waals surface area contributed by atoms with E-state index < -0.39 is 34.7 Å². The summed E-state index contributed by atoms with van der Waals surface area (Å²) in [6.45, 7) is 0. The van der Waals surface area contributed by atoms with Gasteiger partial charge in [0.1, 0.15) is 11.5 Å². The van der Waals surface area contributed by atoms with Crippen LogP contribution in [0.3, 0.4) is 0 Å². The van der Waals surface area contributed by atoms with Gasteiger partial charge in [-0.3, -0.25) is 0 Å². The van der Waals surface area contributed by atoms with Crippen molar-refractivity contribution >= 4 is 21.9 Å². The molecular formula is C21H11BrF2O5. The third kappa shape index (κ3) is 2.32. The van der Waals surface area contributed by atoms with Gasteiger partial charge in [-0.15, -0.1) is 0 Å². The first kappa shape index (κ1) is 17.9. The second kappa shape index (κ2) is 5.93. The molecule has 0 radical (unpaired) electrons. The number of carbonyl (C=O) groups excluding carboxylic acids is 1. The molecule has 3 aromatic rings. The molecule has 2 aliphatic rings. The Morgan fingerprint density at radius 3 is 2.03 bits per heavy atom. The smallest absolute Gasteiger partial charge is 0.340 e. The Labute approximate surface area is 171 Å². The number of phenols is 2. The molecule has 1 spiro atoms. The molecule has 2 heterocycles. The Balaban J connectivity index is 1.90. The van der Waals surface area contributed by atoms with Crippen LogP contribution in [0.1, 0.15) is 32.6 Å². The van der Waals surface area contributed by atoms with E-state index in [2.05, 4.69) is 15.9 Å². The molecule has 0 atom stereocenters. The molecular weight excluding hydrogens is 450 g/mol. The van der Waals surface area contributed by atoms with Gasteiger partial charge in [-0.2, -0.15) is 0 Å². The number of aromatic hydroxyl groups is 2. The standard InChI is InChI=1S/C21H11BrF2O5/c22-8-9-1-2-11-10(3-9)20(27)29-21(11)12-4-14(23)16(25)6-18(12)28-19-7-17(26)15(24)5-13(19)21/h1-7,25-26H,8H2. The zero-order chi connectivity index (χ0) is 20.5. The van der Waals surface area contributed by atoms with Gasteiger partial charge in [-0.25, -0.2) is 13.6 Å². The summed E-state index contributed by atoms with van der Waals surface area (Å²) in [5.41, 5.74) is -0.0356. The van der Waals surface area contributed by atoms with Gasteiger partial charge in [-0.05, 0) is 23.8 Å². The van der Waals surface area contributed by atoms with Crippen molar-refractivity contribution < 1.29 is 33.3 Å². The van der Waals surface area contributed by atoms with Crippen LogP contribution < -0.4 is 4.74 Å². The first-order chi connectivity index (χ1) is 13.8. The third-order valence-electron chi connectivity index (χ3n) is 5.16. The summed E-state index contributed by atoms with van der Waals surface area (Å²) in [5, 5.41) is 20.1. The highest BCUT2D eigenvalue weighted by Crippen LogP contribution is 2.57. The summed E-state index contributed by atoms with van der Waals surface area (Å²) in [4.78, 5) is 12.8. The predicted octanol–water partition coefficient (Wildman–Crippen LogP) is 4.84. The molecule has 8 heteroatoms. The Hall–Kier alpha value is -3.13. The number of ether oxygens (including phenoxy) is 2. The summed E-state index contributed by atoms with van der Waals surface area (Å²) in [6, 6.07) is 9.16. The van der Waals surface area contributed by atoms with Crippen LogP contribution in [0, 0.1) is 11.6 Å². The molecule has 0 saturated carbocycles. The zero-order valence-electron chi connectivity index (χ0n) is 14.5. The van der Waals surface area contributed by atoms with Gasteiger partial charge in [0, 0.05) is 23.0 Å². The Morgan fingerprint density at radius 1 is 0.897 bits per heavy atom. The average molecular weight is 461 g/mol. The zero-order valence-corrected chi connectivity index (χ0v) is 16.1. The number of halogens is 3. The first-order valence-corrected chi connectivity index (χ1v) is 9.64. The maximum absolute atomic E-state index is 14.3. The van der Waals surface area contributed by atoms with Crippen molar-refractivity contribution in [3.8, 4) is 23.0 Å². The lowest BCUT2D eigenvalue weighted by Crippen LogP contribution is -2.33. The number of carbonyl (C=O) groups is 1. The Bertz CT molecular complexity index is 1170. The van der Waals surface area contributed by atoms with Gasteiger partial charge in [0.15, 0.2) is 28.7 Å². The molecule has 2 aliphatic heterocycles. The molecule has 3 aromatic carbocycles. The quantitative estimate of drug-likeness (QED) is 0.401. The SMILES string of the molecule is O=C1OC2(c3cc(F)c(O)cc3Oc3cc(O)c(F)cc32)c2ccc(CBr)cc21. The van der Waals surface area contributed by atoms with E-state index in [1.54, 1.807) is 18.2 Å². The van der Waals surface area contributed by atoms with Gasteiger partial charge in [0.25, 0.3) is 0 Å². The van der Waals surface area contributed by atoms with E-state index in [9.17, 15) is 23.8 Å². The lowest BCUT2D eigenvalue weighted by Gasteiger charge is -2.36. The second-order valence-electron chi connectivity index (χ2n) is 6.79. The predicted molar refractivity (Wildman–Crippen MR) is 101 cm³/mol. The minimum absolute atomic E-state index is 0.0210. The van der Waals surface area contributed by atoms with Crippen LogP contribution in [-0.4, -0.2) is 16.2 Å². The fourth-order valence-electron chi connectivity index (χ4n) is 3.87. The lowest BCUT2D eigenvalue weighted by molar-refractivity contribution is 0.0221. The van der Waals surface area contributed by atoms with E-state index in [1.807, 2.05) is 0 Å². The van der Waals surface area contributed by atoms with Crippen LogP contribution >= 0.6 is 15.9 Å². The number of fused-ring (bicyclic) bond motifs is 6. The van der Waals surface area contributed by atoms with Crippen molar-refractivity contribution in [3.05, 3.63) is 81.9 Å². The fourth-order valence-corrected chi connectivity index (χ4v) is 4.22. The summed E-state index contributed by atoms with van der Waals surface area (Å²) in [5.74, 6) is -3.84. The normalized spacial score (nSPS) is 15.3. The number of esters is 1. The number of benzene rings is 3. The van der Waals surface area contributed by atoms with Crippen LogP contribution in [0.2, 0.25) is 0 Å². The Morgan fingerprint density at radius 2 is 1.48 bits per heavy atom. The van der Waals surface area contributed by atoms with Gasteiger partial charge >= 0.3 is 5.97 Å². The van der Waals surface area contributed by atoms with Crippen molar-refractivity contribution in [3.63, 3.8) is 0 Å². The van der Waals surface area contributed by atoms with Gasteiger partial charge in [0.2, 0.25) is 0 Å². The highest BCUT2D eigenvalue weighted by Gasteiger charge is 2.54. The van der Waals surface area contributed by atoms with Gasteiger partial charge in [-0.1, -0.05) is 28.1 Å². The molecule has 0 aromatic heterocycles. The average Bonchev–Trinajstić information content (AvgIpc) is 2.98. The maximum Gasteiger partial charge on any atom is 0.340 e. The van der Waals surface area contributed by atoms with Crippen molar-refractivity contribution in [1.82, 2.24) is 0 Å². The fraction of sp³-hybridized carbons (Fsp3) is 0.0952. The van der Waals surface area contributed by atoms with E-state index in [0.717, 1.165) is 29.8 Å². The van der Waals surface area contributed by atoms with E-state index in [0.29, 0.717) is 10.9 Å². The largest absolute Gasteiger partial charge is 0.505 e. The van der Waals surface area contributed by atoms with Gasteiger partial charge in [0.05, 0.1) is 16.7 Å². The maximum atomic E-state index is 14.3. The number of hydrogen-bond acceptors (Lipinski definition) is 5. The summed E-state index contributed by atoms with van der Waals surface area (Å²) < 4.78 is 40.0. The highest BCUT2D eigenvalue weighted by molar-refractivity contribution is 9.08. The lowest BCUT2D eigenvalue weighted by atomic mass is 9.77. The number of rotatable bonds is 1. The highest BCUT2D eigenvalue weighted by atomic mass is 79.9. The molecule has 0 amide bonds. The topological polar surface area (TPSA) is 76.0 Å². The van der Waals surface area contributed by atoms with Crippen molar-refractivity contribution in [1.29, 1.82) is 0 Å². The molecule has 29 heavy (non-hydrogen) atoms. The molecule has 146 valence electrons. The van der Waals surface area contributed by atoms with Crippen LogP contribution in [0.15, 0.2) is 42.5 Å². The Kier molecular flexibility index (Phi) is 3.67. The van der Waals surface area contributed by atoms with Crippen LogP contribution in [-0.2, 0) is 15.7 Å². The minimum atomic E-state index is -1.69. The molecule has 5 nitrogen and oxygen atoms in total. The monoisotopic (exact) mass is 460 g/mol. The van der Waals surface area contributed by atoms with E-state index in [-0.39, 0.29) is 28.2 Å². The molecule has 2 N–H and O–H groups in total. The van der Waals surface area contributed by atoms with Crippen LogP contribution in [0.25, 0.3) is 0 Å².